The van der Waals surface area contributed by atoms with Gasteiger partial charge in [0, 0.05) is 38.9 Å². The molecule has 1 fully saturated rings. The molecule has 2 N–H and O–H groups in total. The van der Waals surface area contributed by atoms with Crippen LogP contribution in [0, 0.1) is 11.3 Å². The number of nitrogens with two attached hydrogens (primary N) is 1. The number of para-hydroxylation sites is 1. The van der Waals surface area contributed by atoms with Crippen molar-refractivity contribution in [2.45, 2.75) is 25.4 Å². The average molecular weight is 379 g/mol. The molecular formula is C20H22N6S. The number of fused-ring (bicyclic) bond motifs is 1. The first-order valence-corrected chi connectivity index (χ1v) is 9.51. The normalized spacial score (nSPS) is 17.2. The molecule has 3 aromatic rings. The molecule has 2 aromatic heterocycles. The Morgan fingerprint density at radius 3 is 2.93 bits per heavy atom. The molecule has 0 radical (unpaired) electrons. The van der Waals surface area contributed by atoms with Gasteiger partial charge < -0.3 is 19.8 Å². The lowest BCUT2D eigenvalue weighted by atomic mass is 10.1. The number of aryl methyl sites for hydroxylation is 1. The van der Waals surface area contributed by atoms with Crippen molar-refractivity contribution < 1.29 is 0 Å². The van der Waals surface area contributed by atoms with E-state index in [1.165, 1.54) is 0 Å². The van der Waals surface area contributed by atoms with Gasteiger partial charge in [-0.1, -0.05) is 24.3 Å². The number of benzene rings is 1. The monoisotopic (exact) mass is 378 g/mol. The first-order chi connectivity index (χ1) is 13.1. The van der Waals surface area contributed by atoms with Crippen molar-refractivity contribution in [1.29, 1.82) is 0 Å². The van der Waals surface area contributed by atoms with Gasteiger partial charge in [0.1, 0.15) is 5.52 Å². The first kappa shape index (κ1) is 17.7. The molecule has 138 valence electrons. The number of rotatable bonds is 3. The number of pyridine rings is 1. The summed E-state index contributed by atoms with van der Waals surface area (Å²) in [6.07, 6.45) is 3.98. The lowest BCUT2D eigenvalue weighted by Gasteiger charge is -2.33. The minimum atomic E-state index is 0.185. The summed E-state index contributed by atoms with van der Waals surface area (Å²) in [5, 5.41) is 0. The highest BCUT2D eigenvalue weighted by atomic mass is 32.1. The van der Waals surface area contributed by atoms with E-state index in [0.29, 0.717) is 17.0 Å². The van der Waals surface area contributed by atoms with Crippen LogP contribution in [0.5, 0.6) is 0 Å². The van der Waals surface area contributed by atoms with Gasteiger partial charge in [-0.2, -0.15) is 0 Å². The molecule has 0 saturated carbocycles. The third-order valence-corrected chi connectivity index (χ3v) is 5.72. The van der Waals surface area contributed by atoms with E-state index < -0.39 is 0 Å². The number of nitrogens with zero attached hydrogens (tertiary/aromatic N) is 5. The molecule has 6 nitrogen and oxygen atoms in total. The number of anilines is 1. The topological polar surface area (TPSA) is 56.4 Å². The molecule has 4 rings (SSSR count). The van der Waals surface area contributed by atoms with Crippen LogP contribution in [0.25, 0.3) is 16.0 Å². The van der Waals surface area contributed by atoms with Crippen molar-refractivity contribution in [2.24, 2.45) is 12.8 Å². The Bertz CT molecular complexity index is 1090. The second kappa shape index (κ2) is 7.14. The molecule has 1 aliphatic rings. The van der Waals surface area contributed by atoms with Crippen LogP contribution in [0.2, 0.25) is 0 Å². The zero-order valence-corrected chi connectivity index (χ0v) is 16.1. The van der Waals surface area contributed by atoms with Gasteiger partial charge in [-0.25, -0.2) is 9.83 Å². The summed E-state index contributed by atoms with van der Waals surface area (Å²) >= 11 is 5.72. The molecule has 3 heterocycles. The van der Waals surface area contributed by atoms with E-state index >= 15 is 0 Å². The van der Waals surface area contributed by atoms with Crippen LogP contribution in [0.1, 0.15) is 18.4 Å². The standard InChI is InChI=1S/C20H22N6S/c1-22-16-8-4-3-6-14(16)12-26-18-17(25-11-5-7-15(21)13-25)9-10-23-19(18)24(2)20(26)27/h3-4,6,8-10,15H,5,7,11-13,21H2,2H3/t15-/m1/s1. The maximum Gasteiger partial charge on any atom is 0.192 e. The van der Waals surface area contributed by atoms with E-state index in [1.54, 1.807) is 0 Å². The number of aromatic nitrogens is 3. The highest BCUT2D eigenvalue weighted by molar-refractivity contribution is 7.71. The lowest BCUT2D eigenvalue weighted by Crippen LogP contribution is -2.43. The highest BCUT2D eigenvalue weighted by Crippen LogP contribution is 2.30. The Kier molecular flexibility index (Phi) is 4.68. The van der Waals surface area contributed by atoms with Gasteiger partial charge in [-0.3, -0.25) is 0 Å². The summed E-state index contributed by atoms with van der Waals surface area (Å²) in [7, 11) is 1.95. The van der Waals surface area contributed by atoms with Gasteiger partial charge in [0.25, 0.3) is 0 Å². The minimum absolute atomic E-state index is 0.185. The number of hydrogen-bond acceptors (Lipinski definition) is 4. The molecule has 0 aliphatic carbocycles. The summed E-state index contributed by atoms with van der Waals surface area (Å²) in [6.45, 7) is 9.81. The van der Waals surface area contributed by atoms with E-state index in [-0.39, 0.29) is 6.04 Å². The second-order valence-corrected chi connectivity index (χ2v) is 7.38. The number of hydrogen-bond donors (Lipinski definition) is 1. The fourth-order valence-electron chi connectivity index (χ4n) is 3.86. The molecule has 0 bridgehead atoms. The van der Waals surface area contributed by atoms with Crippen molar-refractivity contribution in [1.82, 2.24) is 14.1 Å². The quantitative estimate of drug-likeness (QED) is 0.559. The van der Waals surface area contributed by atoms with Crippen molar-refractivity contribution in [2.75, 3.05) is 18.0 Å². The van der Waals surface area contributed by atoms with Crippen molar-refractivity contribution >= 4 is 34.8 Å². The smallest absolute Gasteiger partial charge is 0.192 e. The third kappa shape index (κ3) is 3.11. The van der Waals surface area contributed by atoms with Gasteiger partial charge in [-0.15, -0.1) is 0 Å². The molecule has 1 atom stereocenters. The summed E-state index contributed by atoms with van der Waals surface area (Å²) in [4.78, 5) is 10.6. The molecule has 7 heteroatoms. The summed E-state index contributed by atoms with van der Waals surface area (Å²) in [6, 6.07) is 9.92. The Labute approximate surface area is 163 Å². The fraction of sp³-hybridized carbons (Fsp3) is 0.350. The van der Waals surface area contributed by atoms with Crippen molar-refractivity contribution in [3.05, 3.63) is 58.3 Å². The van der Waals surface area contributed by atoms with Crippen LogP contribution < -0.4 is 10.6 Å². The van der Waals surface area contributed by atoms with Crippen molar-refractivity contribution in [3.63, 3.8) is 0 Å². The van der Waals surface area contributed by atoms with Crippen LogP contribution in [0.4, 0.5) is 11.4 Å². The van der Waals surface area contributed by atoms with Crippen LogP contribution in [0.15, 0.2) is 36.5 Å². The average Bonchev–Trinajstić information content (AvgIpc) is 2.93. The second-order valence-electron chi connectivity index (χ2n) is 7.02. The molecule has 1 aliphatic heterocycles. The van der Waals surface area contributed by atoms with Crippen LogP contribution in [-0.4, -0.2) is 33.2 Å². The van der Waals surface area contributed by atoms with Gasteiger partial charge >= 0.3 is 0 Å². The number of imidazole rings is 1. The van der Waals surface area contributed by atoms with E-state index in [0.717, 1.165) is 48.3 Å². The first-order valence-electron chi connectivity index (χ1n) is 9.10. The third-order valence-electron chi connectivity index (χ3n) is 5.23. The molecule has 0 amide bonds. The van der Waals surface area contributed by atoms with Crippen molar-refractivity contribution in [3.8, 4) is 0 Å². The van der Waals surface area contributed by atoms with Gasteiger partial charge in [0.05, 0.1) is 12.3 Å². The molecule has 0 spiro atoms. The minimum Gasteiger partial charge on any atom is -0.368 e. The fourth-order valence-corrected chi connectivity index (χ4v) is 4.10. The van der Waals surface area contributed by atoms with E-state index in [4.69, 9.17) is 24.5 Å². The molecular weight excluding hydrogens is 356 g/mol. The predicted octanol–water partition coefficient (Wildman–Crippen LogP) is 3.63. The Balaban J connectivity index is 1.89. The van der Waals surface area contributed by atoms with E-state index in [1.807, 2.05) is 48.1 Å². The Hall–Kier alpha value is -2.69. The molecule has 27 heavy (non-hydrogen) atoms. The van der Waals surface area contributed by atoms with Crippen LogP contribution in [0.3, 0.4) is 0 Å². The molecule has 1 saturated heterocycles. The summed E-state index contributed by atoms with van der Waals surface area (Å²) in [5.41, 5.74) is 10.8. The maximum absolute atomic E-state index is 7.45. The van der Waals surface area contributed by atoms with Gasteiger partial charge in [0.2, 0.25) is 0 Å². The summed E-state index contributed by atoms with van der Waals surface area (Å²) < 4.78 is 4.74. The Morgan fingerprint density at radius 2 is 2.15 bits per heavy atom. The lowest BCUT2D eigenvalue weighted by molar-refractivity contribution is 0.506. The molecule has 0 unspecified atom stereocenters. The van der Waals surface area contributed by atoms with Crippen LogP contribution in [-0.2, 0) is 13.6 Å². The van der Waals surface area contributed by atoms with Gasteiger partial charge in [-0.05, 0) is 36.7 Å². The zero-order chi connectivity index (χ0) is 19.0. The highest BCUT2D eigenvalue weighted by Gasteiger charge is 2.22. The summed E-state index contributed by atoms with van der Waals surface area (Å²) in [5.74, 6) is 0. The largest absolute Gasteiger partial charge is 0.368 e. The predicted molar refractivity (Wildman–Crippen MR) is 111 cm³/mol. The Morgan fingerprint density at radius 1 is 1.33 bits per heavy atom. The van der Waals surface area contributed by atoms with Gasteiger partial charge in [0.15, 0.2) is 16.1 Å². The molecule has 1 aromatic carbocycles. The zero-order valence-electron chi connectivity index (χ0n) is 15.3. The van der Waals surface area contributed by atoms with Crippen LogP contribution >= 0.6 is 12.2 Å². The SMILES string of the molecule is [C-]#[N+]c1ccccc1Cn1c(=S)n(C)c2nccc(N3CCC[C@@H](N)C3)c21. The number of piperidine rings is 1. The van der Waals surface area contributed by atoms with E-state index in [2.05, 4.69) is 19.3 Å². The van der Waals surface area contributed by atoms with E-state index in [9.17, 15) is 0 Å². The maximum atomic E-state index is 7.45.